The molecule has 0 saturated carbocycles. The molecule has 2 N–H and O–H groups in total. The molecule has 0 atom stereocenters. The standard InChI is InChI=1S/C24H23N3O4S/c1-16(22-10-7-13-32-22)26-27-24(29)19(25-23(28)18-8-5-4-6-9-18)14-17-11-12-20(30-2)21(15-17)31-3/h4-15H,1-3H3,(H,25,28)(H,27,29)/b19-14+,26-16+. The van der Waals surface area contributed by atoms with Crippen LogP contribution in [0.5, 0.6) is 11.5 Å². The third-order valence-electron chi connectivity index (χ3n) is 4.45. The minimum atomic E-state index is -0.556. The normalized spacial score (nSPS) is 11.6. The molecule has 0 bridgehead atoms. The molecule has 1 heterocycles. The number of nitrogens with zero attached hydrogens (tertiary/aromatic N) is 1. The molecule has 1 aromatic heterocycles. The molecule has 164 valence electrons. The lowest BCUT2D eigenvalue weighted by Crippen LogP contribution is -2.33. The van der Waals surface area contributed by atoms with Crippen LogP contribution in [0.15, 0.2) is 76.8 Å². The zero-order chi connectivity index (χ0) is 22.9. The summed E-state index contributed by atoms with van der Waals surface area (Å²) in [5, 5.41) is 8.77. The van der Waals surface area contributed by atoms with Crippen LogP contribution >= 0.6 is 11.3 Å². The number of hydrogen-bond donors (Lipinski definition) is 2. The lowest BCUT2D eigenvalue weighted by atomic mass is 10.1. The fourth-order valence-electron chi connectivity index (χ4n) is 2.79. The van der Waals surface area contributed by atoms with Crippen molar-refractivity contribution in [3.8, 4) is 11.5 Å². The molecule has 0 spiro atoms. The number of benzene rings is 2. The smallest absolute Gasteiger partial charge is 0.287 e. The summed E-state index contributed by atoms with van der Waals surface area (Å²) in [4.78, 5) is 26.5. The van der Waals surface area contributed by atoms with E-state index in [1.54, 1.807) is 62.6 Å². The monoisotopic (exact) mass is 449 g/mol. The summed E-state index contributed by atoms with van der Waals surface area (Å²) in [6, 6.07) is 17.6. The number of carbonyl (C=O) groups is 2. The van der Waals surface area contributed by atoms with Crippen LogP contribution in [0.1, 0.15) is 27.7 Å². The first-order valence-corrected chi connectivity index (χ1v) is 10.6. The van der Waals surface area contributed by atoms with Gasteiger partial charge < -0.3 is 14.8 Å². The predicted molar refractivity (Wildman–Crippen MR) is 126 cm³/mol. The van der Waals surface area contributed by atoms with E-state index in [0.29, 0.717) is 28.3 Å². The Kier molecular flexibility index (Phi) is 7.77. The predicted octanol–water partition coefficient (Wildman–Crippen LogP) is 4.08. The highest BCUT2D eigenvalue weighted by Gasteiger charge is 2.15. The van der Waals surface area contributed by atoms with Gasteiger partial charge >= 0.3 is 0 Å². The molecule has 32 heavy (non-hydrogen) atoms. The largest absolute Gasteiger partial charge is 0.493 e. The van der Waals surface area contributed by atoms with E-state index >= 15 is 0 Å². The number of nitrogens with one attached hydrogen (secondary N) is 2. The second-order valence-electron chi connectivity index (χ2n) is 6.61. The van der Waals surface area contributed by atoms with E-state index < -0.39 is 11.8 Å². The molecule has 7 nitrogen and oxygen atoms in total. The van der Waals surface area contributed by atoms with Crippen LogP contribution < -0.4 is 20.2 Å². The number of methoxy groups -OCH3 is 2. The topological polar surface area (TPSA) is 89.0 Å². The van der Waals surface area contributed by atoms with Crippen molar-refractivity contribution in [1.82, 2.24) is 10.7 Å². The maximum atomic E-state index is 12.9. The van der Waals surface area contributed by atoms with Crippen molar-refractivity contribution in [2.24, 2.45) is 5.10 Å². The van der Waals surface area contributed by atoms with Gasteiger partial charge in [-0.3, -0.25) is 9.59 Å². The fourth-order valence-corrected chi connectivity index (χ4v) is 3.46. The number of hydrazone groups is 1. The number of thiophene rings is 1. The lowest BCUT2D eigenvalue weighted by molar-refractivity contribution is -0.117. The summed E-state index contributed by atoms with van der Waals surface area (Å²) < 4.78 is 10.6. The maximum absolute atomic E-state index is 12.9. The number of hydrogen-bond acceptors (Lipinski definition) is 6. The quantitative estimate of drug-likeness (QED) is 0.308. The zero-order valence-corrected chi connectivity index (χ0v) is 18.7. The van der Waals surface area contributed by atoms with E-state index in [1.807, 2.05) is 23.6 Å². The van der Waals surface area contributed by atoms with Crippen LogP contribution in [0.2, 0.25) is 0 Å². The Morgan fingerprint density at radius 1 is 0.969 bits per heavy atom. The van der Waals surface area contributed by atoms with Gasteiger partial charge in [0.2, 0.25) is 0 Å². The van der Waals surface area contributed by atoms with Gasteiger partial charge in [0.15, 0.2) is 11.5 Å². The third-order valence-corrected chi connectivity index (χ3v) is 5.43. The summed E-state index contributed by atoms with van der Waals surface area (Å²) in [7, 11) is 3.07. The van der Waals surface area contributed by atoms with Crippen LogP contribution in [-0.4, -0.2) is 31.7 Å². The Balaban J connectivity index is 1.90. The van der Waals surface area contributed by atoms with E-state index in [-0.39, 0.29) is 5.70 Å². The van der Waals surface area contributed by atoms with Crippen molar-refractivity contribution in [3.63, 3.8) is 0 Å². The maximum Gasteiger partial charge on any atom is 0.287 e. The van der Waals surface area contributed by atoms with Crippen molar-refractivity contribution in [2.45, 2.75) is 6.92 Å². The van der Waals surface area contributed by atoms with Gasteiger partial charge in [-0.15, -0.1) is 11.3 Å². The van der Waals surface area contributed by atoms with Crippen LogP contribution in [-0.2, 0) is 4.79 Å². The van der Waals surface area contributed by atoms with Crippen LogP contribution in [0.25, 0.3) is 6.08 Å². The summed E-state index contributed by atoms with van der Waals surface area (Å²) in [6.45, 7) is 1.80. The first-order valence-electron chi connectivity index (χ1n) is 9.70. The van der Waals surface area contributed by atoms with Gasteiger partial charge in [-0.2, -0.15) is 5.10 Å². The van der Waals surface area contributed by atoms with Gasteiger partial charge in [-0.1, -0.05) is 30.3 Å². The molecular weight excluding hydrogens is 426 g/mol. The summed E-state index contributed by atoms with van der Waals surface area (Å²) >= 11 is 1.52. The number of amides is 2. The highest BCUT2D eigenvalue weighted by Crippen LogP contribution is 2.28. The van der Waals surface area contributed by atoms with Crippen molar-refractivity contribution < 1.29 is 19.1 Å². The Morgan fingerprint density at radius 3 is 2.38 bits per heavy atom. The average Bonchev–Trinajstić information content (AvgIpc) is 3.37. The average molecular weight is 450 g/mol. The molecule has 2 aromatic carbocycles. The highest BCUT2D eigenvalue weighted by molar-refractivity contribution is 7.12. The molecule has 0 aliphatic rings. The van der Waals surface area contributed by atoms with Gasteiger partial charge in [0, 0.05) is 10.4 Å². The zero-order valence-electron chi connectivity index (χ0n) is 17.9. The highest BCUT2D eigenvalue weighted by atomic mass is 32.1. The number of rotatable bonds is 8. The molecule has 0 aliphatic carbocycles. The Labute approximate surface area is 190 Å². The fraction of sp³-hybridized carbons (Fsp3) is 0.125. The van der Waals surface area contributed by atoms with Gasteiger partial charge in [0.25, 0.3) is 11.8 Å². The summed E-state index contributed by atoms with van der Waals surface area (Å²) in [5.74, 6) is 0.0912. The third kappa shape index (κ3) is 5.83. The van der Waals surface area contributed by atoms with E-state index in [4.69, 9.17) is 9.47 Å². The second kappa shape index (κ2) is 10.9. The number of ether oxygens (including phenoxy) is 2. The van der Waals surface area contributed by atoms with E-state index in [9.17, 15) is 9.59 Å². The molecule has 0 fully saturated rings. The molecular formula is C24H23N3O4S. The van der Waals surface area contributed by atoms with Gasteiger partial charge in [-0.25, -0.2) is 5.43 Å². The van der Waals surface area contributed by atoms with E-state index in [1.165, 1.54) is 18.4 Å². The molecule has 0 saturated heterocycles. The summed E-state index contributed by atoms with van der Waals surface area (Å²) in [5.41, 5.74) is 4.28. The van der Waals surface area contributed by atoms with Crippen molar-refractivity contribution in [1.29, 1.82) is 0 Å². The first kappa shape index (κ1) is 22.8. The second-order valence-corrected chi connectivity index (χ2v) is 7.56. The molecule has 8 heteroatoms. The minimum absolute atomic E-state index is 0.0359. The van der Waals surface area contributed by atoms with Gasteiger partial charge in [0.1, 0.15) is 5.70 Å². The Hall–Kier alpha value is -3.91. The molecule has 0 aliphatic heterocycles. The van der Waals surface area contributed by atoms with Crippen molar-refractivity contribution in [3.05, 3.63) is 87.7 Å². The van der Waals surface area contributed by atoms with Crippen LogP contribution in [0.3, 0.4) is 0 Å². The molecule has 3 rings (SSSR count). The first-order chi connectivity index (χ1) is 15.5. The van der Waals surface area contributed by atoms with Gasteiger partial charge in [0.05, 0.1) is 19.9 Å². The lowest BCUT2D eigenvalue weighted by Gasteiger charge is -2.11. The molecule has 3 aromatic rings. The van der Waals surface area contributed by atoms with E-state index in [0.717, 1.165) is 4.88 Å². The van der Waals surface area contributed by atoms with Crippen molar-refractivity contribution in [2.75, 3.05) is 14.2 Å². The Bertz CT molecular complexity index is 1140. The van der Waals surface area contributed by atoms with Crippen molar-refractivity contribution >= 4 is 34.9 Å². The molecule has 0 unspecified atom stereocenters. The minimum Gasteiger partial charge on any atom is -0.493 e. The summed E-state index contributed by atoms with van der Waals surface area (Å²) in [6.07, 6.45) is 1.55. The van der Waals surface area contributed by atoms with Crippen LogP contribution in [0.4, 0.5) is 0 Å². The van der Waals surface area contributed by atoms with E-state index in [2.05, 4.69) is 15.8 Å². The number of carbonyl (C=O) groups excluding carboxylic acids is 2. The van der Waals surface area contributed by atoms with Crippen LogP contribution in [0, 0.1) is 0 Å². The molecule has 2 amide bonds. The SMILES string of the molecule is COc1ccc(/C=C(/NC(=O)c2ccccc2)C(=O)N/N=C(\C)c2cccs2)cc1OC. The van der Waals surface area contributed by atoms with Gasteiger partial charge in [-0.05, 0) is 54.3 Å². The Morgan fingerprint density at radius 2 is 1.72 bits per heavy atom. The molecule has 0 radical (unpaired) electrons.